The molecule has 4 rings (SSSR count). The van der Waals surface area contributed by atoms with Gasteiger partial charge in [-0.25, -0.2) is 4.39 Å². The number of carbonyl (C=O) groups excluding carboxylic acids is 2. The summed E-state index contributed by atoms with van der Waals surface area (Å²) >= 11 is 0. The van der Waals surface area contributed by atoms with Crippen LogP contribution in [0.3, 0.4) is 0 Å². The molecule has 31 heavy (non-hydrogen) atoms. The Balaban J connectivity index is 1.75. The number of amides is 1. The summed E-state index contributed by atoms with van der Waals surface area (Å²) in [5.41, 5.74) is 1.81. The summed E-state index contributed by atoms with van der Waals surface area (Å²) in [6.45, 7) is 0.211. The minimum absolute atomic E-state index is 0.0199. The van der Waals surface area contributed by atoms with E-state index in [9.17, 15) is 24.2 Å². The number of ketones is 1. The molecule has 1 heterocycles. The number of halogens is 1. The van der Waals surface area contributed by atoms with Gasteiger partial charge in [0.2, 0.25) is 0 Å². The summed E-state index contributed by atoms with van der Waals surface area (Å²) < 4.78 is 13.5. The molecular formula is C25H20FNO4. The Labute approximate surface area is 178 Å². The molecule has 1 aliphatic heterocycles. The van der Waals surface area contributed by atoms with Gasteiger partial charge in [-0.1, -0.05) is 54.6 Å². The first-order valence-corrected chi connectivity index (χ1v) is 9.83. The van der Waals surface area contributed by atoms with Gasteiger partial charge >= 0.3 is 0 Å². The average Bonchev–Trinajstić information content (AvgIpc) is 3.04. The van der Waals surface area contributed by atoms with Gasteiger partial charge in [-0.2, -0.15) is 0 Å². The first-order valence-electron chi connectivity index (χ1n) is 9.83. The van der Waals surface area contributed by atoms with Gasteiger partial charge in [-0.3, -0.25) is 9.59 Å². The number of nitrogens with zero attached hydrogens (tertiary/aromatic N) is 1. The zero-order chi connectivity index (χ0) is 22.0. The summed E-state index contributed by atoms with van der Waals surface area (Å²) in [6.07, 6.45) is 0.441. The van der Waals surface area contributed by atoms with E-state index in [2.05, 4.69) is 0 Å². The van der Waals surface area contributed by atoms with E-state index < -0.39 is 23.5 Å². The smallest absolute Gasteiger partial charge is 0.295 e. The Morgan fingerprint density at radius 2 is 1.55 bits per heavy atom. The summed E-state index contributed by atoms with van der Waals surface area (Å²) in [5.74, 6) is -2.06. The molecule has 0 aliphatic carbocycles. The van der Waals surface area contributed by atoms with Crippen molar-refractivity contribution >= 4 is 17.4 Å². The molecule has 5 nitrogen and oxygen atoms in total. The molecule has 2 N–H and O–H groups in total. The van der Waals surface area contributed by atoms with Gasteiger partial charge in [0.05, 0.1) is 11.6 Å². The molecule has 0 bridgehead atoms. The SMILES string of the molecule is O=C1C(=O)N(CCc2ccc(O)cc2)C(c2ccc(F)cc2)/C1=C(/O)c1ccccc1. The highest BCUT2D eigenvalue weighted by Crippen LogP contribution is 2.39. The standard InChI is InChI=1S/C25H20FNO4/c26-19-10-8-17(9-11-19)22-21(23(29)18-4-2-1-3-5-18)24(30)25(31)27(22)15-14-16-6-12-20(28)13-7-16/h1-13,22,28-29H,14-15H2/b23-21-. The van der Waals surface area contributed by atoms with E-state index in [0.29, 0.717) is 17.5 Å². The van der Waals surface area contributed by atoms with Crippen molar-refractivity contribution in [2.45, 2.75) is 12.5 Å². The Hall–Kier alpha value is -3.93. The fourth-order valence-corrected chi connectivity index (χ4v) is 3.77. The first-order chi connectivity index (χ1) is 15.0. The molecule has 0 aromatic heterocycles. The second-order valence-corrected chi connectivity index (χ2v) is 7.33. The predicted octanol–water partition coefficient (Wildman–Crippen LogP) is 4.20. The van der Waals surface area contributed by atoms with Gasteiger partial charge in [0.15, 0.2) is 0 Å². The third-order valence-electron chi connectivity index (χ3n) is 5.35. The second kappa shape index (κ2) is 8.44. The fourth-order valence-electron chi connectivity index (χ4n) is 3.77. The van der Waals surface area contributed by atoms with Crippen LogP contribution in [-0.2, 0) is 16.0 Å². The number of hydrogen-bond acceptors (Lipinski definition) is 4. The lowest BCUT2D eigenvalue weighted by Gasteiger charge is -2.25. The molecule has 1 aliphatic rings. The normalized spacial score (nSPS) is 17.8. The van der Waals surface area contributed by atoms with Crippen LogP contribution in [0.25, 0.3) is 5.76 Å². The number of hydrogen-bond donors (Lipinski definition) is 2. The molecule has 3 aromatic rings. The van der Waals surface area contributed by atoms with Crippen LogP contribution in [-0.4, -0.2) is 33.3 Å². The van der Waals surface area contributed by atoms with E-state index >= 15 is 0 Å². The van der Waals surface area contributed by atoms with Crippen molar-refractivity contribution in [2.24, 2.45) is 0 Å². The van der Waals surface area contributed by atoms with Crippen molar-refractivity contribution in [1.29, 1.82) is 0 Å². The van der Waals surface area contributed by atoms with Crippen molar-refractivity contribution in [3.05, 3.63) is 107 Å². The van der Waals surface area contributed by atoms with Crippen LogP contribution < -0.4 is 0 Å². The molecule has 1 amide bonds. The molecular weight excluding hydrogens is 397 g/mol. The Bertz CT molecular complexity index is 1140. The summed E-state index contributed by atoms with van der Waals surface area (Å²) in [5, 5.41) is 20.4. The summed E-state index contributed by atoms with van der Waals surface area (Å²) in [7, 11) is 0. The highest BCUT2D eigenvalue weighted by molar-refractivity contribution is 6.46. The maximum atomic E-state index is 13.5. The van der Waals surface area contributed by atoms with Crippen LogP contribution in [0.15, 0.2) is 84.4 Å². The zero-order valence-corrected chi connectivity index (χ0v) is 16.5. The quantitative estimate of drug-likeness (QED) is 0.371. The van der Waals surface area contributed by atoms with E-state index in [4.69, 9.17) is 0 Å². The second-order valence-electron chi connectivity index (χ2n) is 7.33. The van der Waals surface area contributed by atoms with Crippen LogP contribution in [0.1, 0.15) is 22.7 Å². The number of phenols is 1. The molecule has 0 spiro atoms. The van der Waals surface area contributed by atoms with E-state index in [1.807, 2.05) is 0 Å². The molecule has 3 aromatic carbocycles. The van der Waals surface area contributed by atoms with Crippen molar-refractivity contribution in [3.8, 4) is 5.75 Å². The van der Waals surface area contributed by atoms with E-state index in [0.717, 1.165) is 5.56 Å². The number of aliphatic hydroxyl groups excluding tert-OH is 1. The summed E-state index contributed by atoms with van der Waals surface area (Å²) in [6, 6.07) is 19.8. The average molecular weight is 417 g/mol. The van der Waals surface area contributed by atoms with Crippen LogP contribution in [0.4, 0.5) is 4.39 Å². The number of rotatable bonds is 5. The number of carbonyl (C=O) groups is 2. The maximum absolute atomic E-state index is 13.5. The van der Waals surface area contributed by atoms with Crippen LogP contribution in [0.5, 0.6) is 5.75 Å². The van der Waals surface area contributed by atoms with E-state index in [1.165, 1.54) is 29.2 Å². The largest absolute Gasteiger partial charge is 0.508 e. The Morgan fingerprint density at radius 3 is 2.19 bits per heavy atom. The van der Waals surface area contributed by atoms with E-state index in [1.54, 1.807) is 54.6 Å². The van der Waals surface area contributed by atoms with Crippen LogP contribution in [0, 0.1) is 5.82 Å². The lowest BCUT2D eigenvalue weighted by molar-refractivity contribution is -0.139. The van der Waals surface area contributed by atoms with Crippen molar-refractivity contribution < 1.29 is 24.2 Å². The summed E-state index contributed by atoms with van der Waals surface area (Å²) in [4.78, 5) is 27.2. The predicted molar refractivity (Wildman–Crippen MR) is 114 cm³/mol. The topological polar surface area (TPSA) is 77.8 Å². The lowest BCUT2D eigenvalue weighted by Crippen LogP contribution is -2.31. The number of aliphatic hydroxyl groups is 1. The Morgan fingerprint density at radius 1 is 0.903 bits per heavy atom. The minimum Gasteiger partial charge on any atom is -0.508 e. The van der Waals surface area contributed by atoms with Gasteiger partial charge < -0.3 is 15.1 Å². The third kappa shape index (κ3) is 4.05. The van der Waals surface area contributed by atoms with Crippen molar-refractivity contribution in [2.75, 3.05) is 6.54 Å². The number of benzene rings is 3. The number of Topliss-reactive ketones (excluding diaryl/α,β-unsaturated/α-hetero) is 1. The van der Waals surface area contributed by atoms with Gasteiger partial charge in [-0.05, 0) is 41.8 Å². The highest BCUT2D eigenvalue weighted by Gasteiger charge is 2.45. The minimum atomic E-state index is -0.835. The lowest BCUT2D eigenvalue weighted by atomic mass is 9.95. The molecule has 1 atom stereocenters. The van der Waals surface area contributed by atoms with E-state index in [-0.39, 0.29) is 23.6 Å². The first kappa shape index (κ1) is 20.3. The van der Waals surface area contributed by atoms with Crippen LogP contribution in [0.2, 0.25) is 0 Å². The zero-order valence-electron chi connectivity index (χ0n) is 16.5. The van der Waals surface area contributed by atoms with Gasteiger partial charge in [0, 0.05) is 12.1 Å². The Kier molecular flexibility index (Phi) is 5.54. The third-order valence-corrected chi connectivity index (χ3v) is 5.35. The van der Waals surface area contributed by atoms with Crippen LogP contribution >= 0.6 is 0 Å². The number of likely N-dealkylation sites (tertiary alicyclic amines) is 1. The molecule has 0 radical (unpaired) electrons. The van der Waals surface area contributed by atoms with Gasteiger partial charge in [-0.15, -0.1) is 0 Å². The molecule has 1 unspecified atom stereocenters. The molecule has 1 saturated heterocycles. The fraction of sp³-hybridized carbons (Fsp3) is 0.120. The van der Waals surface area contributed by atoms with Crippen molar-refractivity contribution in [1.82, 2.24) is 4.90 Å². The van der Waals surface area contributed by atoms with Gasteiger partial charge in [0.1, 0.15) is 17.3 Å². The molecule has 1 fully saturated rings. The number of aromatic hydroxyl groups is 1. The highest BCUT2D eigenvalue weighted by atomic mass is 19.1. The van der Waals surface area contributed by atoms with Gasteiger partial charge in [0.25, 0.3) is 11.7 Å². The maximum Gasteiger partial charge on any atom is 0.295 e. The molecule has 156 valence electrons. The monoisotopic (exact) mass is 417 g/mol. The van der Waals surface area contributed by atoms with Crippen molar-refractivity contribution in [3.63, 3.8) is 0 Å². The molecule has 0 saturated carbocycles. The number of phenolic OH excluding ortho intramolecular Hbond substituents is 1. The molecule has 6 heteroatoms.